The SMILES string of the molecule is CCN(CC)Cc1ccc(CNC(=O)C2CCCN2C(=O)c2ccc3ccccc3c2O)cc1. The molecule has 1 unspecified atom stereocenters. The average molecular weight is 460 g/mol. The summed E-state index contributed by atoms with van der Waals surface area (Å²) in [5.41, 5.74) is 2.52. The van der Waals surface area contributed by atoms with Crippen LogP contribution < -0.4 is 5.32 Å². The van der Waals surface area contributed by atoms with Gasteiger partial charge in [0, 0.05) is 25.0 Å². The van der Waals surface area contributed by atoms with E-state index in [1.807, 2.05) is 36.4 Å². The van der Waals surface area contributed by atoms with Gasteiger partial charge in [0.25, 0.3) is 5.91 Å². The predicted molar refractivity (Wildman–Crippen MR) is 135 cm³/mol. The van der Waals surface area contributed by atoms with E-state index >= 15 is 0 Å². The predicted octanol–water partition coefficient (Wildman–Crippen LogP) is 4.31. The van der Waals surface area contributed by atoms with Crippen LogP contribution in [0, 0.1) is 0 Å². The number of phenols is 1. The first kappa shape index (κ1) is 23.8. The Morgan fingerprint density at radius 1 is 1.00 bits per heavy atom. The van der Waals surface area contributed by atoms with Gasteiger partial charge >= 0.3 is 0 Å². The van der Waals surface area contributed by atoms with Gasteiger partial charge in [-0.05, 0) is 48.5 Å². The Kier molecular flexibility index (Phi) is 7.48. The van der Waals surface area contributed by atoms with Crippen LogP contribution in [0.3, 0.4) is 0 Å². The number of nitrogens with zero attached hydrogens (tertiary/aromatic N) is 2. The molecule has 0 spiro atoms. The molecule has 3 aromatic carbocycles. The highest BCUT2D eigenvalue weighted by atomic mass is 16.3. The first-order valence-corrected chi connectivity index (χ1v) is 12.1. The van der Waals surface area contributed by atoms with Gasteiger partial charge in [0.2, 0.25) is 5.91 Å². The number of benzene rings is 3. The number of nitrogens with one attached hydrogen (secondary N) is 1. The summed E-state index contributed by atoms with van der Waals surface area (Å²) in [5, 5.41) is 15.2. The van der Waals surface area contributed by atoms with Crippen LogP contribution in [0.15, 0.2) is 60.7 Å². The van der Waals surface area contributed by atoms with Crippen molar-refractivity contribution in [3.63, 3.8) is 0 Å². The maximum Gasteiger partial charge on any atom is 0.258 e. The van der Waals surface area contributed by atoms with Crippen LogP contribution in [0.2, 0.25) is 0 Å². The molecule has 2 N–H and O–H groups in total. The van der Waals surface area contributed by atoms with Crippen molar-refractivity contribution >= 4 is 22.6 Å². The van der Waals surface area contributed by atoms with Gasteiger partial charge in [-0.25, -0.2) is 0 Å². The van der Waals surface area contributed by atoms with Crippen LogP contribution in [0.4, 0.5) is 0 Å². The summed E-state index contributed by atoms with van der Waals surface area (Å²) in [6.45, 7) is 8.19. The number of carbonyl (C=O) groups excluding carboxylic acids is 2. The first-order valence-electron chi connectivity index (χ1n) is 12.1. The second-order valence-electron chi connectivity index (χ2n) is 8.84. The molecule has 6 heteroatoms. The zero-order valence-corrected chi connectivity index (χ0v) is 20.0. The van der Waals surface area contributed by atoms with Crippen molar-refractivity contribution in [2.24, 2.45) is 0 Å². The second kappa shape index (κ2) is 10.7. The summed E-state index contributed by atoms with van der Waals surface area (Å²) in [7, 11) is 0. The maximum atomic E-state index is 13.3. The van der Waals surface area contributed by atoms with Gasteiger partial charge in [0.1, 0.15) is 11.8 Å². The Labute approximate surface area is 201 Å². The molecule has 6 nitrogen and oxygen atoms in total. The van der Waals surface area contributed by atoms with E-state index < -0.39 is 6.04 Å². The van der Waals surface area contributed by atoms with Crippen molar-refractivity contribution < 1.29 is 14.7 Å². The lowest BCUT2D eigenvalue weighted by Crippen LogP contribution is -2.45. The lowest BCUT2D eigenvalue weighted by Gasteiger charge is -2.24. The van der Waals surface area contributed by atoms with Gasteiger partial charge in [-0.2, -0.15) is 0 Å². The van der Waals surface area contributed by atoms with E-state index in [9.17, 15) is 14.7 Å². The van der Waals surface area contributed by atoms with E-state index in [0.29, 0.717) is 24.9 Å². The van der Waals surface area contributed by atoms with Crippen LogP contribution in [-0.4, -0.2) is 52.4 Å². The van der Waals surface area contributed by atoms with Crippen molar-refractivity contribution in [3.05, 3.63) is 77.4 Å². The Morgan fingerprint density at radius 2 is 1.71 bits per heavy atom. The summed E-state index contributed by atoms with van der Waals surface area (Å²) in [6, 6.07) is 18.7. The average Bonchev–Trinajstić information content (AvgIpc) is 3.37. The molecule has 1 fully saturated rings. The van der Waals surface area contributed by atoms with Crippen LogP contribution in [0.5, 0.6) is 5.75 Å². The molecule has 0 radical (unpaired) electrons. The van der Waals surface area contributed by atoms with Gasteiger partial charge in [-0.15, -0.1) is 0 Å². The molecule has 1 atom stereocenters. The molecule has 3 aromatic rings. The van der Waals surface area contributed by atoms with Crippen LogP contribution in [0.25, 0.3) is 10.8 Å². The number of carbonyl (C=O) groups is 2. The molecule has 178 valence electrons. The molecule has 0 bridgehead atoms. The molecule has 1 aliphatic rings. The van der Waals surface area contributed by atoms with E-state index in [1.165, 1.54) is 5.56 Å². The normalized spacial score (nSPS) is 15.7. The highest BCUT2D eigenvalue weighted by Gasteiger charge is 2.35. The Morgan fingerprint density at radius 3 is 2.44 bits per heavy atom. The standard InChI is InChI=1S/C28H33N3O3/c1-3-30(4-2)19-21-13-11-20(12-14-21)18-29-27(33)25-10-7-17-31(25)28(34)24-16-15-22-8-5-6-9-23(22)26(24)32/h5-6,8-9,11-16,25,32H,3-4,7,10,17-19H2,1-2H3,(H,29,33). The summed E-state index contributed by atoms with van der Waals surface area (Å²) in [6.07, 6.45) is 1.38. The Balaban J connectivity index is 1.40. The number of likely N-dealkylation sites (tertiary alicyclic amines) is 1. The molecule has 2 amide bonds. The smallest absolute Gasteiger partial charge is 0.258 e. The fourth-order valence-corrected chi connectivity index (χ4v) is 4.64. The third-order valence-electron chi connectivity index (χ3n) is 6.74. The molecule has 1 aliphatic heterocycles. The highest BCUT2D eigenvalue weighted by Crippen LogP contribution is 2.31. The van der Waals surface area contributed by atoms with Crippen LogP contribution in [0.1, 0.15) is 48.2 Å². The van der Waals surface area contributed by atoms with Crippen molar-refractivity contribution in [1.29, 1.82) is 0 Å². The van der Waals surface area contributed by atoms with Gasteiger partial charge in [0.15, 0.2) is 0 Å². The first-order chi connectivity index (χ1) is 16.5. The molecular weight excluding hydrogens is 426 g/mol. The van der Waals surface area contributed by atoms with E-state index in [0.717, 1.165) is 37.0 Å². The van der Waals surface area contributed by atoms with Gasteiger partial charge in [-0.3, -0.25) is 14.5 Å². The van der Waals surface area contributed by atoms with E-state index in [2.05, 4.69) is 36.2 Å². The van der Waals surface area contributed by atoms with Crippen molar-refractivity contribution in [2.45, 2.75) is 45.8 Å². The Hall–Kier alpha value is -3.38. The van der Waals surface area contributed by atoms with Crippen molar-refractivity contribution in [3.8, 4) is 5.75 Å². The number of hydrogen-bond acceptors (Lipinski definition) is 4. The van der Waals surface area contributed by atoms with Gasteiger partial charge in [0.05, 0.1) is 5.56 Å². The lowest BCUT2D eigenvalue weighted by atomic mass is 10.0. The van der Waals surface area contributed by atoms with E-state index in [-0.39, 0.29) is 23.1 Å². The van der Waals surface area contributed by atoms with Crippen LogP contribution in [-0.2, 0) is 17.9 Å². The highest BCUT2D eigenvalue weighted by molar-refractivity contribution is 6.05. The third-order valence-corrected chi connectivity index (χ3v) is 6.74. The fraction of sp³-hybridized carbons (Fsp3) is 0.357. The topological polar surface area (TPSA) is 72.9 Å². The van der Waals surface area contributed by atoms with Crippen LogP contribution >= 0.6 is 0 Å². The third kappa shape index (κ3) is 5.07. The minimum absolute atomic E-state index is 0.0287. The zero-order chi connectivity index (χ0) is 24.1. The minimum Gasteiger partial charge on any atom is -0.506 e. The lowest BCUT2D eigenvalue weighted by molar-refractivity contribution is -0.125. The van der Waals surface area contributed by atoms with Gasteiger partial charge in [-0.1, -0.05) is 68.4 Å². The quantitative estimate of drug-likeness (QED) is 0.527. The Bertz CT molecular complexity index is 1160. The molecule has 4 rings (SSSR count). The molecule has 0 saturated carbocycles. The second-order valence-corrected chi connectivity index (χ2v) is 8.84. The number of rotatable bonds is 8. The number of fused-ring (bicyclic) bond motifs is 1. The van der Waals surface area contributed by atoms with Crippen molar-refractivity contribution in [2.75, 3.05) is 19.6 Å². The monoisotopic (exact) mass is 459 g/mol. The fourth-order valence-electron chi connectivity index (χ4n) is 4.64. The summed E-state index contributed by atoms with van der Waals surface area (Å²) in [4.78, 5) is 30.2. The number of hydrogen-bond donors (Lipinski definition) is 2. The summed E-state index contributed by atoms with van der Waals surface area (Å²) >= 11 is 0. The number of amides is 2. The minimum atomic E-state index is -0.527. The summed E-state index contributed by atoms with van der Waals surface area (Å²) < 4.78 is 0. The van der Waals surface area contributed by atoms with Crippen molar-refractivity contribution in [1.82, 2.24) is 15.1 Å². The maximum absolute atomic E-state index is 13.3. The number of aromatic hydroxyl groups is 1. The van der Waals surface area contributed by atoms with E-state index in [1.54, 1.807) is 17.0 Å². The largest absolute Gasteiger partial charge is 0.506 e. The molecular formula is C28H33N3O3. The summed E-state index contributed by atoms with van der Waals surface area (Å²) in [5.74, 6) is -0.487. The number of phenolic OH excluding ortho intramolecular Hbond substituents is 1. The molecule has 1 saturated heterocycles. The molecule has 0 aromatic heterocycles. The molecule has 34 heavy (non-hydrogen) atoms. The molecule has 1 heterocycles. The molecule has 0 aliphatic carbocycles. The van der Waals surface area contributed by atoms with Gasteiger partial charge < -0.3 is 15.3 Å². The zero-order valence-electron chi connectivity index (χ0n) is 20.0. The van der Waals surface area contributed by atoms with E-state index in [4.69, 9.17) is 0 Å².